The highest BCUT2D eigenvalue weighted by Crippen LogP contribution is 2.30. The predicted molar refractivity (Wildman–Crippen MR) is 113 cm³/mol. The average molecular weight is 428 g/mol. The molecular weight excluding hydrogens is 402 g/mol. The van der Waals surface area contributed by atoms with Crippen LogP contribution in [-0.4, -0.2) is 41.6 Å². The first-order valence-corrected chi connectivity index (χ1v) is 10.1. The number of hydrogen-bond acceptors (Lipinski definition) is 5. The lowest BCUT2D eigenvalue weighted by molar-refractivity contribution is 0.0953. The molecule has 2 rings (SSSR count). The van der Waals surface area contributed by atoms with Gasteiger partial charge in [-0.1, -0.05) is 12.1 Å². The van der Waals surface area contributed by atoms with Gasteiger partial charge in [0.1, 0.15) is 5.75 Å². The second-order valence-corrected chi connectivity index (χ2v) is 7.89. The minimum atomic E-state index is -3.78. The number of sulfonamides is 1. The van der Waals surface area contributed by atoms with Crippen molar-refractivity contribution < 1.29 is 17.9 Å². The van der Waals surface area contributed by atoms with Crippen LogP contribution in [0.3, 0.4) is 0 Å². The summed E-state index contributed by atoms with van der Waals surface area (Å²) in [6, 6.07) is 12.7. The molecule has 2 aromatic rings. The normalized spacial score (nSPS) is 10.7. The van der Waals surface area contributed by atoms with Crippen molar-refractivity contribution in [3.05, 3.63) is 54.1 Å². The van der Waals surface area contributed by atoms with Crippen molar-refractivity contribution in [1.82, 2.24) is 5.32 Å². The van der Waals surface area contributed by atoms with E-state index < -0.39 is 10.0 Å². The topological polar surface area (TPSA) is 102 Å². The summed E-state index contributed by atoms with van der Waals surface area (Å²) in [5, 5.41) is 2.78. The number of methoxy groups -OCH3 is 1. The summed E-state index contributed by atoms with van der Waals surface area (Å²) in [6.07, 6.45) is 1.64. The Morgan fingerprint density at radius 1 is 1.11 bits per heavy atom. The van der Waals surface area contributed by atoms with Crippen molar-refractivity contribution in [1.29, 1.82) is 0 Å². The number of carbonyl (C=O) groups excluding carboxylic acids is 1. The number of amides is 1. The monoisotopic (exact) mass is 427 g/mol. The third kappa shape index (κ3) is 5.60. The lowest BCUT2D eigenvalue weighted by atomic mass is 10.2. The lowest BCUT2D eigenvalue weighted by Crippen LogP contribution is -2.27. The van der Waals surface area contributed by atoms with Crippen LogP contribution in [0.25, 0.3) is 0 Å². The predicted octanol–water partition coefficient (Wildman–Crippen LogP) is 2.41. The molecule has 9 heteroatoms. The van der Waals surface area contributed by atoms with Crippen molar-refractivity contribution in [2.24, 2.45) is 5.73 Å². The SMILES string of the molecule is COc1ccccc1N(C)S(=O)(=O)c1ccc(C(=O)NCCCCN)cc1.Cl. The quantitative estimate of drug-likeness (QED) is 0.598. The molecule has 0 aliphatic carbocycles. The van der Waals surface area contributed by atoms with Crippen LogP contribution in [0.2, 0.25) is 0 Å². The van der Waals surface area contributed by atoms with Gasteiger partial charge in [0.05, 0.1) is 17.7 Å². The summed E-state index contributed by atoms with van der Waals surface area (Å²) >= 11 is 0. The van der Waals surface area contributed by atoms with Gasteiger partial charge in [0.25, 0.3) is 15.9 Å². The molecule has 0 heterocycles. The number of nitrogens with one attached hydrogen (secondary N) is 1. The fourth-order valence-electron chi connectivity index (χ4n) is 2.53. The molecule has 0 aliphatic heterocycles. The molecule has 1 amide bonds. The molecule has 0 atom stereocenters. The summed E-state index contributed by atoms with van der Waals surface area (Å²) in [5.41, 5.74) is 6.25. The van der Waals surface area contributed by atoms with Crippen molar-refractivity contribution in [2.75, 3.05) is 31.6 Å². The molecule has 0 aliphatic rings. The number of anilines is 1. The van der Waals surface area contributed by atoms with Crippen molar-refractivity contribution >= 4 is 34.0 Å². The fraction of sp³-hybridized carbons (Fsp3) is 0.316. The molecule has 0 fully saturated rings. The van der Waals surface area contributed by atoms with Crippen LogP contribution in [0, 0.1) is 0 Å². The molecule has 0 unspecified atom stereocenters. The Morgan fingerprint density at radius 2 is 1.75 bits per heavy atom. The Morgan fingerprint density at radius 3 is 2.36 bits per heavy atom. The average Bonchev–Trinajstić information content (AvgIpc) is 2.70. The number of rotatable bonds is 9. The van der Waals surface area contributed by atoms with E-state index in [1.54, 1.807) is 24.3 Å². The number of nitrogens with zero attached hydrogens (tertiary/aromatic N) is 1. The van der Waals surface area contributed by atoms with Gasteiger partial charge < -0.3 is 15.8 Å². The van der Waals surface area contributed by atoms with E-state index in [0.717, 1.165) is 17.1 Å². The van der Waals surface area contributed by atoms with Crippen LogP contribution in [0.4, 0.5) is 5.69 Å². The molecule has 2 aromatic carbocycles. The maximum Gasteiger partial charge on any atom is 0.264 e. The third-order valence-corrected chi connectivity index (χ3v) is 5.90. The van der Waals surface area contributed by atoms with Gasteiger partial charge >= 0.3 is 0 Å². The second-order valence-electron chi connectivity index (χ2n) is 5.92. The molecule has 0 bridgehead atoms. The summed E-state index contributed by atoms with van der Waals surface area (Å²) in [4.78, 5) is 12.2. The van der Waals surface area contributed by atoms with Gasteiger partial charge in [0.2, 0.25) is 0 Å². The standard InChI is InChI=1S/C19H25N3O4S.ClH/c1-22(17-7-3-4-8-18(17)26-2)27(24,25)16-11-9-15(10-12-16)19(23)21-14-6-5-13-20;/h3-4,7-12H,5-6,13-14,20H2,1-2H3,(H,21,23);1H. The van der Waals surface area contributed by atoms with Gasteiger partial charge in [-0.15, -0.1) is 12.4 Å². The largest absolute Gasteiger partial charge is 0.495 e. The zero-order chi connectivity index (χ0) is 19.9. The first-order valence-electron chi connectivity index (χ1n) is 8.62. The number of benzene rings is 2. The summed E-state index contributed by atoms with van der Waals surface area (Å²) in [6.45, 7) is 1.12. The lowest BCUT2D eigenvalue weighted by Gasteiger charge is -2.21. The van der Waals surface area contributed by atoms with Crippen LogP contribution < -0.4 is 20.1 Å². The minimum Gasteiger partial charge on any atom is -0.495 e. The fourth-order valence-corrected chi connectivity index (χ4v) is 3.74. The highest BCUT2D eigenvalue weighted by molar-refractivity contribution is 7.92. The number of para-hydroxylation sites is 2. The molecule has 0 saturated carbocycles. The molecule has 0 aromatic heterocycles. The Kier molecular flexibility index (Phi) is 9.24. The van der Waals surface area contributed by atoms with Gasteiger partial charge in [-0.3, -0.25) is 9.10 Å². The van der Waals surface area contributed by atoms with E-state index >= 15 is 0 Å². The molecule has 0 spiro atoms. The van der Waals surface area contributed by atoms with E-state index in [4.69, 9.17) is 10.5 Å². The number of nitrogens with two attached hydrogens (primary N) is 1. The Hall–Kier alpha value is -2.29. The first-order chi connectivity index (χ1) is 12.9. The molecule has 0 saturated heterocycles. The van der Waals surface area contributed by atoms with Gasteiger partial charge in [0, 0.05) is 19.2 Å². The summed E-state index contributed by atoms with van der Waals surface area (Å²) < 4.78 is 32.2. The Labute approximate surface area is 172 Å². The summed E-state index contributed by atoms with van der Waals surface area (Å²) in [5.74, 6) is 0.214. The second kappa shape index (κ2) is 10.9. The Bertz CT molecular complexity index is 873. The molecule has 7 nitrogen and oxygen atoms in total. The maximum atomic E-state index is 12.9. The molecule has 3 N–H and O–H groups in total. The Balaban J connectivity index is 0.00000392. The zero-order valence-electron chi connectivity index (χ0n) is 15.9. The van der Waals surface area contributed by atoms with Crippen molar-refractivity contribution in [2.45, 2.75) is 17.7 Å². The highest BCUT2D eigenvalue weighted by Gasteiger charge is 2.23. The smallest absolute Gasteiger partial charge is 0.264 e. The minimum absolute atomic E-state index is 0. The number of unbranched alkanes of at least 4 members (excludes halogenated alkanes) is 1. The maximum absolute atomic E-state index is 12.9. The van der Waals surface area contributed by atoms with E-state index in [1.165, 1.54) is 38.4 Å². The van der Waals surface area contributed by atoms with E-state index in [0.29, 0.717) is 30.1 Å². The van der Waals surface area contributed by atoms with Crippen LogP contribution >= 0.6 is 12.4 Å². The number of ether oxygens (including phenoxy) is 1. The first kappa shape index (κ1) is 23.7. The van der Waals surface area contributed by atoms with Crippen molar-refractivity contribution in [3.63, 3.8) is 0 Å². The van der Waals surface area contributed by atoms with Crippen LogP contribution in [0.1, 0.15) is 23.2 Å². The number of halogens is 1. The summed E-state index contributed by atoms with van der Waals surface area (Å²) in [7, 11) is -0.834. The zero-order valence-corrected chi connectivity index (χ0v) is 17.6. The third-order valence-electron chi connectivity index (χ3n) is 4.12. The van der Waals surface area contributed by atoms with Crippen LogP contribution in [0.15, 0.2) is 53.4 Å². The van der Waals surface area contributed by atoms with E-state index in [1.807, 2.05) is 0 Å². The molecule has 28 heavy (non-hydrogen) atoms. The van der Waals surface area contributed by atoms with Gasteiger partial charge in [0.15, 0.2) is 0 Å². The van der Waals surface area contributed by atoms with E-state index in [9.17, 15) is 13.2 Å². The highest BCUT2D eigenvalue weighted by atomic mass is 35.5. The number of hydrogen-bond donors (Lipinski definition) is 2. The van der Waals surface area contributed by atoms with E-state index in [-0.39, 0.29) is 23.2 Å². The number of carbonyl (C=O) groups is 1. The van der Waals surface area contributed by atoms with Gasteiger partial charge in [-0.25, -0.2) is 8.42 Å². The molecular formula is C19H26ClN3O4S. The van der Waals surface area contributed by atoms with Gasteiger partial charge in [-0.2, -0.15) is 0 Å². The van der Waals surface area contributed by atoms with E-state index in [2.05, 4.69) is 5.32 Å². The van der Waals surface area contributed by atoms with Crippen LogP contribution in [0.5, 0.6) is 5.75 Å². The molecule has 0 radical (unpaired) electrons. The van der Waals surface area contributed by atoms with Crippen molar-refractivity contribution in [3.8, 4) is 5.75 Å². The van der Waals surface area contributed by atoms with Gasteiger partial charge in [-0.05, 0) is 55.8 Å². The van der Waals surface area contributed by atoms with Crippen LogP contribution in [-0.2, 0) is 10.0 Å². The molecule has 154 valence electrons.